The average molecular weight is 190 g/mol. The van der Waals surface area contributed by atoms with E-state index in [9.17, 15) is 13.4 Å². The predicted octanol–water partition coefficient (Wildman–Crippen LogP) is 0.967. The van der Waals surface area contributed by atoms with Crippen LogP contribution in [0.3, 0.4) is 0 Å². The summed E-state index contributed by atoms with van der Waals surface area (Å²) in [6.45, 7) is 0. The lowest BCUT2D eigenvalue weighted by Gasteiger charge is -2.34. The summed E-state index contributed by atoms with van der Waals surface area (Å²) in [5.74, 6) is -0.329. The summed E-state index contributed by atoms with van der Waals surface area (Å²) in [5.41, 5.74) is 0. The molecule has 2 fully saturated rings. The number of alkyl halides is 1. The first-order chi connectivity index (χ1) is 5.70. The first kappa shape index (κ1) is 8.35. The van der Waals surface area contributed by atoms with Crippen LogP contribution in [-0.2, 0) is 15.6 Å². The highest BCUT2D eigenvalue weighted by atomic mass is 32.2. The van der Waals surface area contributed by atoms with E-state index in [-0.39, 0.29) is 17.5 Å². The average Bonchev–Trinajstić information content (AvgIpc) is 2.04. The molecule has 12 heavy (non-hydrogen) atoms. The SMILES string of the molecule is O=C1CC2CCCC(C1F)S2=O. The lowest BCUT2D eigenvalue weighted by molar-refractivity contribution is -0.124. The zero-order valence-corrected chi connectivity index (χ0v) is 7.48. The number of carbonyl (C=O) groups is 1. The second-order valence-corrected chi connectivity index (χ2v) is 5.42. The smallest absolute Gasteiger partial charge is 0.172 e. The second kappa shape index (κ2) is 2.91. The third-order valence-electron chi connectivity index (χ3n) is 2.70. The van der Waals surface area contributed by atoms with Crippen LogP contribution in [0.2, 0.25) is 0 Å². The van der Waals surface area contributed by atoms with Gasteiger partial charge in [0.2, 0.25) is 0 Å². The number of carbonyl (C=O) groups excluding carboxylic acids is 1. The van der Waals surface area contributed by atoms with Gasteiger partial charge in [-0.1, -0.05) is 6.42 Å². The van der Waals surface area contributed by atoms with Gasteiger partial charge in [0.15, 0.2) is 12.0 Å². The molecule has 0 saturated carbocycles. The number of hydrogen-bond donors (Lipinski definition) is 0. The summed E-state index contributed by atoms with van der Waals surface area (Å²) in [4.78, 5) is 11.0. The molecular weight excluding hydrogens is 179 g/mol. The lowest BCUT2D eigenvalue weighted by atomic mass is 9.96. The van der Waals surface area contributed by atoms with Gasteiger partial charge in [-0.2, -0.15) is 0 Å². The van der Waals surface area contributed by atoms with Gasteiger partial charge in [-0.25, -0.2) is 4.39 Å². The topological polar surface area (TPSA) is 34.1 Å². The number of Topliss-reactive ketones (excluding diaryl/α,β-unsaturated/α-hetero) is 1. The van der Waals surface area contributed by atoms with Crippen LogP contribution in [0.4, 0.5) is 4.39 Å². The Hall–Kier alpha value is -0.250. The first-order valence-corrected chi connectivity index (χ1v) is 5.54. The van der Waals surface area contributed by atoms with E-state index >= 15 is 0 Å². The van der Waals surface area contributed by atoms with Gasteiger partial charge in [0.1, 0.15) is 0 Å². The molecule has 0 aromatic heterocycles. The Balaban J connectivity index is 2.25. The molecule has 2 aliphatic heterocycles. The standard InChI is InChI=1S/C8H11FO2S/c9-8-6(10)4-5-2-1-3-7(8)12(5)11/h5,7-8H,1-4H2. The molecule has 2 nitrogen and oxygen atoms in total. The lowest BCUT2D eigenvalue weighted by Crippen LogP contribution is -2.47. The Morgan fingerprint density at radius 2 is 2.17 bits per heavy atom. The zero-order chi connectivity index (χ0) is 8.72. The van der Waals surface area contributed by atoms with Gasteiger partial charge in [0, 0.05) is 22.5 Å². The van der Waals surface area contributed by atoms with Crippen molar-refractivity contribution in [3.63, 3.8) is 0 Å². The molecule has 2 aliphatic rings. The molecule has 2 rings (SSSR count). The highest BCUT2D eigenvalue weighted by Gasteiger charge is 2.44. The van der Waals surface area contributed by atoms with Crippen molar-refractivity contribution in [2.45, 2.75) is 42.4 Å². The van der Waals surface area contributed by atoms with E-state index in [0.717, 1.165) is 12.8 Å². The monoisotopic (exact) mass is 190 g/mol. The Kier molecular flexibility index (Phi) is 2.02. The molecule has 0 aromatic carbocycles. The van der Waals surface area contributed by atoms with Gasteiger partial charge in [0.25, 0.3) is 0 Å². The van der Waals surface area contributed by atoms with Crippen LogP contribution in [0.25, 0.3) is 0 Å². The molecule has 68 valence electrons. The summed E-state index contributed by atoms with van der Waals surface area (Å²) in [5, 5.41) is -0.520. The van der Waals surface area contributed by atoms with E-state index < -0.39 is 22.2 Å². The zero-order valence-electron chi connectivity index (χ0n) is 6.66. The van der Waals surface area contributed by atoms with E-state index in [0.29, 0.717) is 6.42 Å². The number of rotatable bonds is 0. The summed E-state index contributed by atoms with van der Waals surface area (Å²) in [6.07, 6.45) is 1.14. The molecule has 0 spiro atoms. The van der Waals surface area contributed by atoms with Crippen LogP contribution < -0.4 is 0 Å². The van der Waals surface area contributed by atoms with Crippen LogP contribution in [0.5, 0.6) is 0 Å². The minimum atomic E-state index is -1.44. The van der Waals surface area contributed by atoms with Crippen molar-refractivity contribution in [1.82, 2.24) is 0 Å². The molecule has 4 unspecified atom stereocenters. The summed E-state index contributed by atoms with van der Waals surface area (Å²) in [6, 6.07) is 0. The Morgan fingerprint density at radius 1 is 1.42 bits per heavy atom. The normalized spacial score (nSPS) is 47.6. The van der Waals surface area contributed by atoms with Crippen LogP contribution in [-0.4, -0.2) is 26.7 Å². The fourth-order valence-corrected chi connectivity index (χ4v) is 4.03. The first-order valence-electron chi connectivity index (χ1n) is 4.26. The van der Waals surface area contributed by atoms with Crippen molar-refractivity contribution in [3.05, 3.63) is 0 Å². The van der Waals surface area contributed by atoms with Crippen LogP contribution in [0.15, 0.2) is 0 Å². The van der Waals surface area contributed by atoms with Crippen molar-refractivity contribution < 1.29 is 13.4 Å². The second-order valence-electron chi connectivity index (χ2n) is 3.49. The van der Waals surface area contributed by atoms with Crippen LogP contribution >= 0.6 is 0 Å². The molecule has 0 aromatic rings. The molecule has 2 heterocycles. The fraction of sp³-hybridized carbons (Fsp3) is 0.875. The third kappa shape index (κ3) is 1.13. The molecule has 0 N–H and O–H groups in total. The molecule has 2 saturated heterocycles. The van der Waals surface area contributed by atoms with Crippen molar-refractivity contribution in [2.75, 3.05) is 0 Å². The van der Waals surface area contributed by atoms with E-state index in [1.807, 2.05) is 0 Å². The summed E-state index contributed by atoms with van der Waals surface area (Å²) >= 11 is 0. The number of ketones is 1. The van der Waals surface area contributed by atoms with Crippen molar-refractivity contribution in [1.29, 1.82) is 0 Å². The number of fused-ring (bicyclic) bond motifs is 2. The fourth-order valence-electron chi connectivity index (χ4n) is 2.02. The van der Waals surface area contributed by atoms with E-state index in [2.05, 4.69) is 0 Å². The van der Waals surface area contributed by atoms with E-state index in [1.54, 1.807) is 0 Å². The van der Waals surface area contributed by atoms with Gasteiger partial charge in [-0.05, 0) is 12.8 Å². The largest absolute Gasteiger partial charge is 0.296 e. The molecule has 0 amide bonds. The van der Waals surface area contributed by atoms with Gasteiger partial charge in [0.05, 0.1) is 5.25 Å². The van der Waals surface area contributed by atoms with Crippen molar-refractivity contribution >= 4 is 16.6 Å². The maximum Gasteiger partial charge on any atom is 0.172 e. The number of halogens is 1. The summed E-state index contributed by atoms with van der Waals surface area (Å²) < 4.78 is 24.6. The Morgan fingerprint density at radius 3 is 2.92 bits per heavy atom. The van der Waals surface area contributed by atoms with Crippen molar-refractivity contribution in [3.8, 4) is 0 Å². The van der Waals surface area contributed by atoms with Gasteiger partial charge < -0.3 is 0 Å². The predicted molar refractivity (Wildman–Crippen MR) is 44.1 cm³/mol. The highest BCUT2D eigenvalue weighted by molar-refractivity contribution is 7.86. The molecule has 4 atom stereocenters. The van der Waals surface area contributed by atoms with Gasteiger partial charge in [-0.15, -0.1) is 0 Å². The van der Waals surface area contributed by atoms with Crippen LogP contribution in [0, 0.1) is 0 Å². The maximum absolute atomic E-state index is 13.2. The third-order valence-corrected chi connectivity index (χ3v) is 4.84. The molecule has 0 radical (unpaired) electrons. The molecular formula is C8H11FO2S. The van der Waals surface area contributed by atoms with Gasteiger partial charge in [-0.3, -0.25) is 9.00 Å². The maximum atomic E-state index is 13.2. The van der Waals surface area contributed by atoms with E-state index in [4.69, 9.17) is 0 Å². The molecule has 2 bridgehead atoms. The number of hydrogen-bond acceptors (Lipinski definition) is 2. The van der Waals surface area contributed by atoms with E-state index in [1.165, 1.54) is 0 Å². The minimum Gasteiger partial charge on any atom is -0.296 e. The minimum absolute atomic E-state index is 0.0387. The van der Waals surface area contributed by atoms with Crippen molar-refractivity contribution in [2.24, 2.45) is 0 Å². The molecule has 0 aliphatic carbocycles. The Labute approximate surface area is 73.0 Å². The van der Waals surface area contributed by atoms with Gasteiger partial charge >= 0.3 is 0 Å². The summed E-state index contributed by atoms with van der Waals surface area (Å²) in [7, 11) is -1.08. The molecule has 4 heteroatoms. The Bertz CT molecular complexity index is 241. The van der Waals surface area contributed by atoms with Crippen LogP contribution in [0.1, 0.15) is 25.7 Å². The quantitative estimate of drug-likeness (QED) is 0.570. The highest BCUT2D eigenvalue weighted by Crippen LogP contribution is 2.33.